The first-order chi connectivity index (χ1) is 11.9. The lowest BCUT2D eigenvalue weighted by atomic mass is 10.1. The SMILES string of the molecule is Cc1ccc(C(=O)Nc2ccc(S(=O)(=O)Nc3nccs3)cc2)cc1. The predicted molar refractivity (Wildman–Crippen MR) is 98.5 cm³/mol. The fraction of sp³-hybridized carbons (Fsp3) is 0.0588. The maximum Gasteiger partial charge on any atom is 0.263 e. The van der Waals surface area contributed by atoms with E-state index in [0.717, 1.165) is 5.56 Å². The summed E-state index contributed by atoms with van der Waals surface area (Å²) in [4.78, 5) is 16.2. The van der Waals surface area contributed by atoms with Crippen LogP contribution < -0.4 is 10.0 Å². The summed E-state index contributed by atoms with van der Waals surface area (Å²) in [5.41, 5.74) is 2.12. The number of rotatable bonds is 5. The molecule has 6 nitrogen and oxygen atoms in total. The number of aromatic nitrogens is 1. The normalized spacial score (nSPS) is 11.1. The van der Waals surface area contributed by atoms with E-state index in [0.29, 0.717) is 16.4 Å². The Hall–Kier alpha value is -2.71. The van der Waals surface area contributed by atoms with Gasteiger partial charge in [0.1, 0.15) is 0 Å². The van der Waals surface area contributed by atoms with Gasteiger partial charge in [-0.1, -0.05) is 17.7 Å². The largest absolute Gasteiger partial charge is 0.322 e. The van der Waals surface area contributed by atoms with E-state index in [1.165, 1.54) is 29.7 Å². The van der Waals surface area contributed by atoms with E-state index < -0.39 is 10.0 Å². The third kappa shape index (κ3) is 4.23. The van der Waals surface area contributed by atoms with Crippen molar-refractivity contribution in [2.24, 2.45) is 0 Å². The van der Waals surface area contributed by atoms with Gasteiger partial charge in [0.05, 0.1) is 4.90 Å². The van der Waals surface area contributed by atoms with Crippen molar-refractivity contribution in [3.63, 3.8) is 0 Å². The van der Waals surface area contributed by atoms with Crippen LogP contribution in [0.1, 0.15) is 15.9 Å². The summed E-state index contributed by atoms with van der Waals surface area (Å²) in [7, 11) is -3.70. The van der Waals surface area contributed by atoms with E-state index >= 15 is 0 Å². The minimum atomic E-state index is -3.70. The van der Waals surface area contributed by atoms with Crippen LogP contribution in [0.3, 0.4) is 0 Å². The Morgan fingerprint density at radius 1 is 1.04 bits per heavy atom. The summed E-state index contributed by atoms with van der Waals surface area (Å²) in [5.74, 6) is -0.253. The minimum absolute atomic E-state index is 0.0936. The first-order valence-electron chi connectivity index (χ1n) is 7.34. The molecule has 0 spiro atoms. The molecule has 0 atom stereocenters. The molecule has 1 aromatic heterocycles. The van der Waals surface area contributed by atoms with E-state index in [1.54, 1.807) is 29.6 Å². The summed E-state index contributed by atoms with van der Waals surface area (Å²) in [6, 6.07) is 13.1. The Morgan fingerprint density at radius 2 is 1.72 bits per heavy atom. The molecular weight excluding hydrogens is 358 g/mol. The van der Waals surface area contributed by atoms with Crippen molar-refractivity contribution in [1.29, 1.82) is 0 Å². The average Bonchev–Trinajstić information content (AvgIpc) is 3.08. The lowest BCUT2D eigenvalue weighted by molar-refractivity contribution is 0.102. The summed E-state index contributed by atoms with van der Waals surface area (Å²) >= 11 is 1.20. The Labute approximate surface area is 149 Å². The zero-order valence-electron chi connectivity index (χ0n) is 13.3. The Bertz CT molecular complexity index is 965. The molecule has 1 heterocycles. The summed E-state index contributed by atoms with van der Waals surface area (Å²) < 4.78 is 26.9. The number of benzene rings is 2. The third-order valence-corrected chi connectivity index (χ3v) is 5.56. The molecule has 2 N–H and O–H groups in total. The number of carbonyl (C=O) groups excluding carboxylic acids is 1. The molecular formula is C17H15N3O3S2. The van der Waals surface area contributed by atoms with Crippen LogP contribution in [-0.4, -0.2) is 19.3 Å². The van der Waals surface area contributed by atoms with Gasteiger partial charge in [-0.15, -0.1) is 11.3 Å². The van der Waals surface area contributed by atoms with Gasteiger partial charge in [0.25, 0.3) is 15.9 Å². The third-order valence-electron chi connectivity index (χ3n) is 3.39. The smallest absolute Gasteiger partial charge is 0.263 e. The fourth-order valence-electron chi connectivity index (χ4n) is 2.07. The monoisotopic (exact) mass is 373 g/mol. The van der Waals surface area contributed by atoms with Gasteiger partial charge in [-0.2, -0.15) is 0 Å². The zero-order valence-corrected chi connectivity index (χ0v) is 14.9. The number of anilines is 2. The molecule has 3 aromatic rings. The molecule has 2 aromatic carbocycles. The van der Waals surface area contributed by atoms with Crippen LogP contribution in [0, 0.1) is 6.92 Å². The highest BCUT2D eigenvalue weighted by atomic mass is 32.2. The molecule has 0 aliphatic rings. The Balaban J connectivity index is 1.71. The van der Waals surface area contributed by atoms with Crippen LogP contribution in [0.4, 0.5) is 10.8 Å². The van der Waals surface area contributed by atoms with Crippen molar-refractivity contribution >= 4 is 38.1 Å². The fourth-order valence-corrected chi connectivity index (χ4v) is 3.86. The molecule has 1 amide bonds. The lowest BCUT2D eigenvalue weighted by Gasteiger charge is -2.08. The average molecular weight is 373 g/mol. The Kier molecular flexibility index (Phi) is 4.82. The number of thiazole rings is 1. The molecule has 8 heteroatoms. The van der Waals surface area contributed by atoms with Crippen molar-refractivity contribution in [1.82, 2.24) is 4.98 Å². The highest BCUT2D eigenvalue weighted by molar-refractivity contribution is 7.93. The van der Waals surface area contributed by atoms with Crippen LogP contribution >= 0.6 is 11.3 Å². The second kappa shape index (κ2) is 7.04. The molecule has 128 valence electrons. The Morgan fingerprint density at radius 3 is 2.32 bits per heavy atom. The van der Waals surface area contributed by atoms with Crippen LogP contribution in [0.25, 0.3) is 0 Å². The highest BCUT2D eigenvalue weighted by Crippen LogP contribution is 2.20. The topological polar surface area (TPSA) is 88.2 Å². The van der Waals surface area contributed by atoms with E-state index in [2.05, 4.69) is 15.0 Å². The molecule has 0 aliphatic heterocycles. The van der Waals surface area contributed by atoms with Gasteiger partial charge in [0, 0.05) is 22.8 Å². The van der Waals surface area contributed by atoms with Crippen molar-refractivity contribution < 1.29 is 13.2 Å². The predicted octanol–water partition coefficient (Wildman–Crippen LogP) is 3.50. The number of hydrogen-bond acceptors (Lipinski definition) is 5. The van der Waals surface area contributed by atoms with Crippen LogP contribution in [0.5, 0.6) is 0 Å². The molecule has 0 aliphatic carbocycles. The van der Waals surface area contributed by atoms with Crippen LogP contribution in [-0.2, 0) is 10.0 Å². The maximum atomic E-state index is 12.3. The summed E-state index contributed by atoms with van der Waals surface area (Å²) in [6.07, 6.45) is 1.52. The number of carbonyl (C=O) groups is 1. The van der Waals surface area contributed by atoms with E-state index in [9.17, 15) is 13.2 Å². The molecule has 3 rings (SSSR count). The molecule has 25 heavy (non-hydrogen) atoms. The number of nitrogens with zero attached hydrogens (tertiary/aromatic N) is 1. The molecule has 0 saturated carbocycles. The number of amides is 1. The van der Waals surface area contributed by atoms with Crippen molar-refractivity contribution in [3.8, 4) is 0 Å². The lowest BCUT2D eigenvalue weighted by Crippen LogP contribution is -2.14. The number of aryl methyl sites for hydroxylation is 1. The molecule has 0 fully saturated rings. The molecule has 0 radical (unpaired) electrons. The van der Waals surface area contributed by atoms with Crippen molar-refractivity contribution in [3.05, 3.63) is 71.2 Å². The van der Waals surface area contributed by atoms with E-state index in [4.69, 9.17) is 0 Å². The van der Waals surface area contributed by atoms with E-state index in [1.807, 2.05) is 19.1 Å². The molecule has 0 bridgehead atoms. The highest BCUT2D eigenvalue weighted by Gasteiger charge is 2.15. The number of hydrogen-bond donors (Lipinski definition) is 2. The quantitative estimate of drug-likeness (QED) is 0.716. The molecule has 0 unspecified atom stereocenters. The van der Waals surface area contributed by atoms with E-state index in [-0.39, 0.29) is 10.8 Å². The van der Waals surface area contributed by atoms with Crippen LogP contribution in [0.2, 0.25) is 0 Å². The zero-order chi connectivity index (χ0) is 17.9. The maximum absolute atomic E-state index is 12.3. The minimum Gasteiger partial charge on any atom is -0.322 e. The standard InChI is InChI=1S/C17H15N3O3S2/c1-12-2-4-13(5-3-12)16(21)19-14-6-8-15(9-7-14)25(22,23)20-17-18-10-11-24-17/h2-11H,1H3,(H,18,20)(H,19,21). The second-order valence-electron chi connectivity index (χ2n) is 5.29. The van der Waals surface area contributed by atoms with Crippen LogP contribution in [0.15, 0.2) is 65.0 Å². The second-order valence-corrected chi connectivity index (χ2v) is 7.86. The number of sulfonamides is 1. The van der Waals surface area contributed by atoms with Crippen molar-refractivity contribution in [2.75, 3.05) is 10.0 Å². The van der Waals surface area contributed by atoms with Gasteiger partial charge < -0.3 is 5.32 Å². The van der Waals surface area contributed by atoms with Gasteiger partial charge in [0.2, 0.25) is 0 Å². The summed E-state index contributed by atoms with van der Waals surface area (Å²) in [6.45, 7) is 1.95. The molecule has 0 saturated heterocycles. The van der Waals surface area contributed by atoms with Crippen molar-refractivity contribution in [2.45, 2.75) is 11.8 Å². The first-order valence-corrected chi connectivity index (χ1v) is 9.71. The van der Waals surface area contributed by atoms with Gasteiger partial charge in [-0.25, -0.2) is 13.4 Å². The van der Waals surface area contributed by atoms with Gasteiger partial charge in [0.15, 0.2) is 5.13 Å². The first kappa shape index (κ1) is 17.1. The van der Waals surface area contributed by atoms with Gasteiger partial charge in [-0.05, 0) is 43.3 Å². The van der Waals surface area contributed by atoms with Gasteiger partial charge in [-0.3, -0.25) is 9.52 Å². The van der Waals surface area contributed by atoms with Gasteiger partial charge >= 0.3 is 0 Å². The number of nitrogens with one attached hydrogen (secondary N) is 2. The summed E-state index contributed by atoms with van der Waals surface area (Å²) in [5, 5.41) is 4.72.